The predicted octanol–water partition coefficient (Wildman–Crippen LogP) is 1.13. The second kappa shape index (κ2) is 5.27. The zero-order valence-electron chi connectivity index (χ0n) is 9.21. The lowest BCUT2D eigenvalue weighted by molar-refractivity contribution is 0.280. The molecule has 0 unspecified atom stereocenters. The molecule has 0 aliphatic rings. The molecule has 0 saturated heterocycles. The summed E-state index contributed by atoms with van der Waals surface area (Å²) < 4.78 is 5.52. The number of anilines is 1. The van der Waals surface area contributed by atoms with Crippen LogP contribution in [0.3, 0.4) is 0 Å². The standard InChI is InChI=1S/C12H13N3O2/c13-12-14-6-5-10(15-12)8-17-11-3-1-9(7-16)2-4-11/h1-6,16H,7-8H2,(H2,13,14,15). The van der Waals surface area contributed by atoms with Gasteiger partial charge in [-0.05, 0) is 23.8 Å². The number of hydrogen-bond donors (Lipinski definition) is 2. The third kappa shape index (κ3) is 3.15. The van der Waals surface area contributed by atoms with Gasteiger partial charge in [-0.25, -0.2) is 9.97 Å². The van der Waals surface area contributed by atoms with Gasteiger partial charge in [-0.3, -0.25) is 0 Å². The molecule has 2 rings (SSSR count). The molecule has 88 valence electrons. The fourth-order valence-electron chi connectivity index (χ4n) is 1.34. The van der Waals surface area contributed by atoms with Gasteiger partial charge in [0.15, 0.2) is 0 Å². The van der Waals surface area contributed by atoms with Crippen LogP contribution in [0.1, 0.15) is 11.3 Å². The van der Waals surface area contributed by atoms with Gasteiger partial charge >= 0.3 is 0 Å². The third-order valence-electron chi connectivity index (χ3n) is 2.22. The Bertz CT molecular complexity index is 485. The number of nitrogens with two attached hydrogens (primary N) is 1. The molecule has 2 aromatic rings. The van der Waals surface area contributed by atoms with Crippen LogP contribution in [0.2, 0.25) is 0 Å². The lowest BCUT2D eigenvalue weighted by Crippen LogP contribution is -2.02. The SMILES string of the molecule is Nc1nccc(COc2ccc(CO)cc2)n1. The van der Waals surface area contributed by atoms with Gasteiger partial charge in [-0.2, -0.15) is 0 Å². The molecule has 0 aliphatic carbocycles. The highest BCUT2D eigenvalue weighted by Crippen LogP contribution is 2.13. The summed E-state index contributed by atoms with van der Waals surface area (Å²) in [6.45, 7) is 0.369. The van der Waals surface area contributed by atoms with E-state index in [1.807, 2.05) is 12.1 Å². The van der Waals surface area contributed by atoms with Gasteiger partial charge in [0, 0.05) is 6.20 Å². The van der Waals surface area contributed by atoms with E-state index in [1.54, 1.807) is 24.4 Å². The van der Waals surface area contributed by atoms with Crippen molar-refractivity contribution in [1.29, 1.82) is 0 Å². The first-order valence-electron chi connectivity index (χ1n) is 5.18. The normalized spacial score (nSPS) is 10.2. The highest BCUT2D eigenvalue weighted by molar-refractivity contribution is 5.27. The second-order valence-electron chi connectivity index (χ2n) is 3.50. The van der Waals surface area contributed by atoms with Gasteiger partial charge in [0.1, 0.15) is 12.4 Å². The zero-order chi connectivity index (χ0) is 12.1. The molecule has 0 spiro atoms. The molecule has 0 fully saturated rings. The average molecular weight is 231 g/mol. The van der Waals surface area contributed by atoms with Crippen molar-refractivity contribution in [2.75, 3.05) is 5.73 Å². The molecule has 0 aliphatic heterocycles. The van der Waals surface area contributed by atoms with E-state index in [2.05, 4.69) is 9.97 Å². The number of benzene rings is 1. The number of nitrogen functional groups attached to an aromatic ring is 1. The maximum absolute atomic E-state index is 8.90. The molecule has 1 heterocycles. The Balaban J connectivity index is 1.97. The van der Waals surface area contributed by atoms with Crippen molar-refractivity contribution < 1.29 is 9.84 Å². The van der Waals surface area contributed by atoms with E-state index in [0.29, 0.717) is 6.61 Å². The Morgan fingerprint density at radius 3 is 2.59 bits per heavy atom. The fraction of sp³-hybridized carbons (Fsp3) is 0.167. The van der Waals surface area contributed by atoms with Crippen LogP contribution in [-0.2, 0) is 13.2 Å². The summed E-state index contributed by atoms with van der Waals surface area (Å²) in [6.07, 6.45) is 1.59. The fourth-order valence-corrected chi connectivity index (χ4v) is 1.34. The van der Waals surface area contributed by atoms with Crippen LogP contribution >= 0.6 is 0 Å². The summed E-state index contributed by atoms with van der Waals surface area (Å²) in [5.41, 5.74) is 7.04. The lowest BCUT2D eigenvalue weighted by atomic mass is 10.2. The van der Waals surface area contributed by atoms with Crippen LogP contribution in [0.15, 0.2) is 36.5 Å². The summed E-state index contributed by atoms with van der Waals surface area (Å²) in [4.78, 5) is 7.82. The molecule has 0 saturated carbocycles. The Morgan fingerprint density at radius 2 is 1.94 bits per heavy atom. The van der Waals surface area contributed by atoms with Crippen LogP contribution in [-0.4, -0.2) is 15.1 Å². The van der Waals surface area contributed by atoms with Crippen molar-refractivity contribution in [3.8, 4) is 5.75 Å². The number of aliphatic hydroxyl groups excluding tert-OH is 1. The van der Waals surface area contributed by atoms with Crippen molar-refractivity contribution >= 4 is 5.95 Å². The molecule has 0 radical (unpaired) electrons. The van der Waals surface area contributed by atoms with Crippen LogP contribution < -0.4 is 10.5 Å². The maximum Gasteiger partial charge on any atom is 0.220 e. The van der Waals surface area contributed by atoms with E-state index >= 15 is 0 Å². The number of ether oxygens (including phenoxy) is 1. The van der Waals surface area contributed by atoms with Crippen molar-refractivity contribution in [2.24, 2.45) is 0 Å². The number of nitrogens with zero attached hydrogens (tertiary/aromatic N) is 2. The van der Waals surface area contributed by atoms with Gasteiger partial charge in [0.25, 0.3) is 0 Å². The van der Waals surface area contributed by atoms with Crippen molar-refractivity contribution in [1.82, 2.24) is 9.97 Å². The van der Waals surface area contributed by atoms with E-state index in [1.165, 1.54) is 0 Å². The number of aromatic nitrogens is 2. The number of rotatable bonds is 4. The monoisotopic (exact) mass is 231 g/mol. The van der Waals surface area contributed by atoms with Gasteiger partial charge in [0.05, 0.1) is 12.3 Å². The third-order valence-corrected chi connectivity index (χ3v) is 2.22. The Morgan fingerprint density at radius 1 is 1.18 bits per heavy atom. The van der Waals surface area contributed by atoms with Gasteiger partial charge in [-0.1, -0.05) is 12.1 Å². The summed E-state index contributed by atoms with van der Waals surface area (Å²) in [5, 5.41) is 8.90. The molecular formula is C12H13N3O2. The van der Waals surface area contributed by atoms with E-state index < -0.39 is 0 Å². The quantitative estimate of drug-likeness (QED) is 0.824. The van der Waals surface area contributed by atoms with Gasteiger partial charge in [-0.15, -0.1) is 0 Å². The molecule has 1 aromatic heterocycles. The molecule has 0 bridgehead atoms. The van der Waals surface area contributed by atoms with Crippen molar-refractivity contribution in [3.05, 3.63) is 47.8 Å². The van der Waals surface area contributed by atoms with E-state index in [9.17, 15) is 0 Å². The predicted molar refractivity (Wildman–Crippen MR) is 63.1 cm³/mol. The first kappa shape index (κ1) is 11.3. The van der Waals surface area contributed by atoms with Gasteiger partial charge < -0.3 is 15.6 Å². The smallest absolute Gasteiger partial charge is 0.220 e. The molecule has 5 heteroatoms. The first-order valence-corrected chi connectivity index (χ1v) is 5.18. The van der Waals surface area contributed by atoms with E-state index in [4.69, 9.17) is 15.6 Å². The maximum atomic E-state index is 8.90. The number of hydrogen-bond acceptors (Lipinski definition) is 5. The second-order valence-corrected chi connectivity index (χ2v) is 3.50. The molecular weight excluding hydrogens is 218 g/mol. The molecule has 17 heavy (non-hydrogen) atoms. The van der Waals surface area contributed by atoms with E-state index in [0.717, 1.165) is 17.0 Å². The highest BCUT2D eigenvalue weighted by Gasteiger charge is 1.98. The Kier molecular flexibility index (Phi) is 3.52. The van der Waals surface area contributed by atoms with E-state index in [-0.39, 0.29) is 12.6 Å². The average Bonchev–Trinajstić information content (AvgIpc) is 2.37. The Labute approximate surface area is 98.9 Å². The van der Waals surface area contributed by atoms with Crippen LogP contribution in [0.25, 0.3) is 0 Å². The largest absolute Gasteiger partial charge is 0.487 e. The minimum absolute atomic E-state index is 0.0305. The number of aliphatic hydroxyl groups is 1. The summed E-state index contributed by atoms with van der Waals surface area (Å²) in [7, 11) is 0. The minimum Gasteiger partial charge on any atom is -0.487 e. The zero-order valence-corrected chi connectivity index (χ0v) is 9.21. The van der Waals surface area contributed by atoms with Crippen LogP contribution in [0.4, 0.5) is 5.95 Å². The lowest BCUT2D eigenvalue weighted by Gasteiger charge is -2.06. The van der Waals surface area contributed by atoms with Gasteiger partial charge in [0.2, 0.25) is 5.95 Å². The first-order chi connectivity index (χ1) is 8.28. The minimum atomic E-state index is 0.0305. The summed E-state index contributed by atoms with van der Waals surface area (Å²) in [5.74, 6) is 0.959. The topological polar surface area (TPSA) is 81.3 Å². The highest BCUT2D eigenvalue weighted by atomic mass is 16.5. The molecule has 0 atom stereocenters. The Hall–Kier alpha value is -2.14. The van der Waals surface area contributed by atoms with Crippen molar-refractivity contribution in [3.63, 3.8) is 0 Å². The summed E-state index contributed by atoms with van der Waals surface area (Å²) >= 11 is 0. The van der Waals surface area contributed by atoms with Crippen molar-refractivity contribution in [2.45, 2.75) is 13.2 Å². The molecule has 3 N–H and O–H groups in total. The molecule has 1 aromatic carbocycles. The van der Waals surface area contributed by atoms with Crippen LogP contribution in [0.5, 0.6) is 5.75 Å². The molecule has 0 amide bonds. The summed E-state index contributed by atoms with van der Waals surface area (Å²) in [6, 6.07) is 8.97. The van der Waals surface area contributed by atoms with Crippen LogP contribution in [0, 0.1) is 0 Å². The molecule has 5 nitrogen and oxygen atoms in total.